The number of rotatable bonds is 1. The van der Waals surface area contributed by atoms with Crippen LogP contribution in [0.3, 0.4) is 0 Å². The van der Waals surface area contributed by atoms with Crippen LogP contribution in [-0.2, 0) is 0 Å². The summed E-state index contributed by atoms with van der Waals surface area (Å²) < 4.78 is 12.2. The molecular weight excluding hydrogens is 514 g/mol. The molecule has 5 heteroatoms. The molecular formula is C22H33Br2Cl2F. The fraction of sp³-hybridized carbons (Fsp3) is 0.455. The highest BCUT2D eigenvalue weighted by atomic mass is 79.9. The van der Waals surface area contributed by atoms with Crippen LogP contribution < -0.4 is 0 Å². The Bertz CT molecular complexity index is 603. The van der Waals surface area contributed by atoms with Gasteiger partial charge in [-0.15, -0.1) is 0 Å². The third kappa shape index (κ3) is 16.6. The normalized spacial score (nSPS) is 8.67. The average molecular weight is 547 g/mol. The van der Waals surface area contributed by atoms with Crippen LogP contribution in [0.2, 0.25) is 10.0 Å². The van der Waals surface area contributed by atoms with Gasteiger partial charge in [0.15, 0.2) is 0 Å². The van der Waals surface area contributed by atoms with E-state index in [1.807, 2.05) is 58.9 Å². The molecule has 0 saturated carbocycles. The topological polar surface area (TPSA) is 0 Å². The molecule has 0 bridgehead atoms. The summed E-state index contributed by atoms with van der Waals surface area (Å²) in [5.41, 5.74) is 2.49. The van der Waals surface area contributed by atoms with Crippen LogP contribution in [0, 0.1) is 6.92 Å². The highest BCUT2D eigenvalue weighted by Crippen LogP contribution is 2.26. The predicted octanol–water partition coefficient (Wildman–Crippen LogP) is 10.7. The van der Waals surface area contributed by atoms with Gasteiger partial charge in [-0.2, -0.15) is 0 Å². The van der Waals surface area contributed by atoms with E-state index < -0.39 is 0 Å². The molecule has 0 nitrogen and oxygen atoms in total. The molecule has 0 radical (unpaired) electrons. The van der Waals surface area contributed by atoms with Crippen molar-refractivity contribution in [1.82, 2.24) is 0 Å². The first-order valence-corrected chi connectivity index (χ1v) is 11.5. The number of halogens is 5. The average Bonchev–Trinajstić information content (AvgIpc) is 2.65. The second-order valence-corrected chi connectivity index (χ2v) is 7.54. The van der Waals surface area contributed by atoms with Crippen molar-refractivity contribution in [1.29, 1.82) is 0 Å². The number of benzene rings is 2. The lowest BCUT2D eigenvalue weighted by Gasteiger charge is -2.05. The Labute approximate surface area is 193 Å². The third-order valence-electron chi connectivity index (χ3n) is 2.69. The van der Waals surface area contributed by atoms with Gasteiger partial charge in [-0.05, 0) is 87.0 Å². The van der Waals surface area contributed by atoms with Crippen LogP contribution in [0.5, 0.6) is 0 Å². The van der Waals surface area contributed by atoms with Crippen LogP contribution in [0.1, 0.15) is 65.5 Å². The minimum atomic E-state index is -0.250. The Balaban J connectivity index is -0.000000324. The van der Waals surface area contributed by atoms with Crippen LogP contribution in [0.15, 0.2) is 45.3 Å². The minimum absolute atomic E-state index is 0.250. The number of hydrogen-bond donors (Lipinski definition) is 0. The first-order chi connectivity index (χ1) is 12.7. The summed E-state index contributed by atoms with van der Waals surface area (Å²) >= 11 is 18.3. The molecule has 2 aromatic carbocycles. The van der Waals surface area contributed by atoms with E-state index in [1.54, 1.807) is 0 Å². The van der Waals surface area contributed by atoms with Crippen LogP contribution >= 0.6 is 55.1 Å². The SMILES string of the molecule is CC.CC.CC(C)c1ccc(Cl)c(Br)c1.CCF.Cc1ccc(Br)c(Cl)c1. The lowest BCUT2D eigenvalue weighted by molar-refractivity contribution is 0.527. The van der Waals surface area contributed by atoms with E-state index in [-0.39, 0.29) is 6.67 Å². The molecule has 0 spiro atoms. The molecule has 27 heavy (non-hydrogen) atoms. The standard InChI is InChI=1S/C9H10BrCl.C7H6BrCl.C2H5F.2C2H6/c1-6(2)7-3-4-9(11)8(10)5-7;1-5-2-3-6(8)7(9)4-5;1-2-3;2*1-2/h3-6H,1-2H3;2-4H,1H3;2H2,1H3;2*1-2H3. The first kappa shape index (κ1) is 31.6. The smallest absolute Gasteiger partial charge is 0.0866 e. The van der Waals surface area contributed by atoms with Crippen molar-refractivity contribution in [2.45, 2.75) is 61.3 Å². The van der Waals surface area contributed by atoms with Crippen LogP contribution in [-0.4, -0.2) is 6.67 Å². The van der Waals surface area contributed by atoms with Crippen LogP contribution in [0.25, 0.3) is 0 Å². The molecule has 0 unspecified atom stereocenters. The van der Waals surface area contributed by atoms with Crippen LogP contribution in [0.4, 0.5) is 4.39 Å². The Morgan fingerprint density at radius 2 is 1.33 bits per heavy atom. The maximum Gasteiger partial charge on any atom is 0.0866 e. The molecule has 0 aliphatic rings. The lowest BCUT2D eigenvalue weighted by atomic mass is 10.0. The van der Waals surface area contributed by atoms with Gasteiger partial charge in [0.1, 0.15) is 0 Å². The zero-order valence-corrected chi connectivity index (χ0v) is 22.3. The van der Waals surface area contributed by atoms with Crippen molar-refractivity contribution in [3.63, 3.8) is 0 Å². The molecule has 0 N–H and O–H groups in total. The molecule has 0 saturated heterocycles. The molecule has 0 atom stereocenters. The summed E-state index contributed by atoms with van der Waals surface area (Å²) in [7, 11) is 0. The van der Waals surface area contributed by atoms with Gasteiger partial charge in [-0.1, -0.05) is 76.9 Å². The van der Waals surface area contributed by atoms with Gasteiger partial charge in [0.2, 0.25) is 0 Å². The monoisotopic (exact) mass is 544 g/mol. The number of aryl methyl sites for hydroxylation is 1. The largest absolute Gasteiger partial charge is 0.251 e. The summed E-state index contributed by atoms with van der Waals surface area (Å²) in [4.78, 5) is 0. The van der Waals surface area contributed by atoms with E-state index in [0.717, 1.165) is 19.0 Å². The summed E-state index contributed by atoms with van der Waals surface area (Å²) in [5.74, 6) is 0.559. The molecule has 156 valence electrons. The van der Waals surface area contributed by atoms with Gasteiger partial charge in [-0.25, -0.2) is 0 Å². The summed E-state index contributed by atoms with van der Waals surface area (Å²) in [6.07, 6.45) is 0. The van der Waals surface area contributed by atoms with E-state index in [1.165, 1.54) is 18.1 Å². The van der Waals surface area contributed by atoms with Gasteiger partial charge in [0, 0.05) is 8.95 Å². The van der Waals surface area contributed by atoms with Gasteiger partial charge in [-0.3, -0.25) is 4.39 Å². The molecule has 2 rings (SSSR count). The summed E-state index contributed by atoms with van der Waals surface area (Å²) in [6, 6.07) is 11.9. The molecule has 0 fully saturated rings. The molecule has 0 heterocycles. The van der Waals surface area contributed by atoms with E-state index in [4.69, 9.17) is 23.2 Å². The zero-order chi connectivity index (χ0) is 22.0. The van der Waals surface area contributed by atoms with Crippen molar-refractivity contribution in [3.05, 3.63) is 66.5 Å². The molecule has 2 aromatic rings. The first-order valence-electron chi connectivity index (χ1n) is 9.15. The van der Waals surface area contributed by atoms with Crippen molar-refractivity contribution >= 4 is 55.1 Å². The van der Waals surface area contributed by atoms with Gasteiger partial charge in [0.05, 0.1) is 16.7 Å². The molecule has 0 aliphatic heterocycles. The fourth-order valence-electron chi connectivity index (χ4n) is 1.47. The third-order valence-corrected chi connectivity index (χ3v) is 5.13. The number of alkyl halides is 1. The zero-order valence-electron chi connectivity index (χ0n) is 17.6. The van der Waals surface area contributed by atoms with Crippen molar-refractivity contribution in [2.24, 2.45) is 0 Å². The van der Waals surface area contributed by atoms with E-state index in [0.29, 0.717) is 5.92 Å². The highest BCUT2D eigenvalue weighted by molar-refractivity contribution is 9.10. The fourth-order valence-corrected chi connectivity index (χ4v) is 2.47. The van der Waals surface area contributed by atoms with E-state index in [2.05, 4.69) is 57.8 Å². The van der Waals surface area contributed by atoms with E-state index >= 15 is 0 Å². The molecule has 0 aromatic heterocycles. The van der Waals surface area contributed by atoms with E-state index in [9.17, 15) is 4.39 Å². The van der Waals surface area contributed by atoms with Crippen molar-refractivity contribution < 1.29 is 4.39 Å². The summed E-state index contributed by atoms with van der Waals surface area (Å²) in [6.45, 7) is 15.5. The van der Waals surface area contributed by atoms with Crippen molar-refractivity contribution in [2.75, 3.05) is 6.67 Å². The lowest BCUT2D eigenvalue weighted by Crippen LogP contribution is -1.85. The Morgan fingerprint density at radius 3 is 1.67 bits per heavy atom. The van der Waals surface area contributed by atoms with Gasteiger partial charge >= 0.3 is 0 Å². The highest BCUT2D eigenvalue weighted by Gasteiger charge is 2.01. The predicted molar refractivity (Wildman–Crippen MR) is 131 cm³/mol. The second-order valence-electron chi connectivity index (χ2n) is 5.01. The minimum Gasteiger partial charge on any atom is -0.251 e. The quantitative estimate of drug-likeness (QED) is 0.333. The Kier molecular flexibility index (Phi) is 24.2. The van der Waals surface area contributed by atoms with Gasteiger partial charge < -0.3 is 0 Å². The Hall–Kier alpha value is -0.0900. The summed E-state index contributed by atoms with van der Waals surface area (Å²) in [5, 5.41) is 1.55. The molecule has 0 amide bonds. The maximum atomic E-state index is 10.3. The number of hydrogen-bond acceptors (Lipinski definition) is 0. The van der Waals surface area contributed by atoms with Gasteiger partial charge in [0.25, 0.3) is 0 Å². The Morgan fingerprint density at radius 1 is 0.852 bits per heavy atom. The molecule has 0 aliphatic carbocycles. The second kappa shape index (κ2) is 20.6. The maximum absolute atomic E-state index is 10.3. The van der Waals surface area contributed by atoms with Crippen molar-refractivity contribution in [3.8, 4) is 0 Å².